The third kappa shape index (κ3) is 10.0. The maximum Gasteiger partial charge on any atom is 0.243 e. The minimum Gasteiger partial charge on any atom is -0.391 e. The zero-order chi connectivity index (χ0) is 38.0. The number of aliphatic hydroxyl groups excluding tert-OH is 1. The number of nitrogens with zero attached hydrogens (tertiary/aromatic N) is 2. The summed E-state index contributed by atoms with van der Waals surface area (Å²) in [6.45, 7) is 9.85. The number of β-amino-alcohol motifs (C(OH)–C–C–N with tert-alkyl or cyclic N) is 1. The van der Waals surface area contributed by atoms with Gasteiger partial charge in [0.1, 0.15) is 17.7 Å². The van der Waals surface area contributed by atoms with E-state index in [0.29, 0.717) is 13.0 Å². The van der Waals surface area contributed by atoms with Crippen LogP contribution in [0, 0.1) is 12.8 Å². The normalized spacial score (nSPS) is 17.3. The standard InChI is InChI=1S/C42H57N5O5S/c1-28(30-17-19-31(20-18-30)39-29(2)45-27-53-39)46-40(50)36-24-32(48)26-47(36)41(51)38(42(3,4)34-25-44-35-15-10-9-14-33(34)35)37(49)16-8-7-13-23-52-22-12-6-5-11-21-43/h9-10,14-15,17-20,25,27-28,32,36,38,44,48H,5-8,11-13,16,21-24,26,43H2,1-4H3,(H,46,50)/t28-,32+,36-,38+/m0/s1. The van der Waals surface area contributed by atoms with Crippen molar-refractivity contribution in [3.63, 3.8) is 0 Å². The van der Waals surface area contributed by atoms with Gasteiger partial charge in [-0.05, 0) is 68.8 Å². The number of Topliss-reactive ketones (excluding diaryl/α,β-unsaturated/α-hetero) is 1. The number of aromatic amines is 1. The minimum absolute atomic E-state index is 0.00843. The van der Waals surface area contributed by atoms with Gasteiger partial charge in [-0.15, -0.1) is 11.3 Å². The molecule has 1 saturated heterocycles. The molecule has 0 bridgehead atoms. The number of hydrogen-bond acceptors (Lipinski definition) is 8. The van der Waals surface area contributed by atoms with Crippen LogP contribution in [0.2, 0.25) is 0 Å². The first-order valence-corrected chi connectivity index (χ1v) is 20.1. The maximum absolute atomic E-state index is 14.7. The summed E-state index contributed by atoms with van der Waals surface area (Å²) in [7, 11) is 0. The van der Waals surface area contributed by atoms with E-state index in [1.54, 1.807) is 11.3 Å². The number of para-hydroxylation sites is 1. The van der Waals surface area contributed by atoms with E-state index < -0.39 is 29.4 Å². The third-order valence-electron chi connectivity index (χ3n) is 10.7. The summed E-state index contributed by atoms with van der Waals surface area (Å²) < 4.78 is 5.80. The molecule has 2 aromatic carbocycles. The van der Waals surface area contributed by atoms with Crippen LogP contribution in [0.1, 0.15) is 101 Å². The van der Waals surface area contributed by atoms with Crippen LogP contribution < -0.4 is 11.1 Å². The SMILES string of the molecule is Cc1ncsc1-c1ccc([C@H](C)NC(=O)[C@@H]2C[C@@H](O)CN2C(=O)[C@@H](C(=O)CCCCCOCCCCCCN)C(C)(C)c2c[nH]c3ccccc23)cc1. The topological polar surface area (TPSA) is 151 Å². The van der Waals surface area contributed by atoms with E-state index in [2.05, 4.69) is 15.3 Å². The Labute approximate surface area is 317 Å². The summed E-state index contributed by atoms with van der Waals surface area (Å²) in [6, 6.07) is 14.6. The number of hydrogen-bond donors (Lipinski definition) is 4. The molecule has 1 aliphatic rings. The van der Waals surface area contributed by atoms with Gasteiger partial charge in [0.25, 0.3) is 0 Å². The third-order valence-corrected chi connectivity index (χ3v) is 11.6. The van der Waals surface area contributed by atoms with Gasteiger partial charge in [-0.2, -0.15) is 0 Å². The van der Waals surface area contributed by atoms with Gasteiger partial charge in [0.15, 0.2) is 0 Å². The van der Waals surface area contributed by atoms with E-state index in [4.69, 9.17) is 10.5 Å². The van der Waals surface area contributed by atoms with Crippen LogP contribution in [0.3, 0.4) is 0 Å². The molecule has 0 aliphatic carbocycles. The number of ether oxygens (including phenoxy) is 1. The average Bonchev–Trinajstić information content (AvgIpc) is 3.89. The van der Waals surface area contributed by atoms with Gasteiger partial charge in [0.05, 0.1) is 28.2 Å². The highest BCUT2D eigenvalue weighted by atomic mass is 32.1. The van der Waals surface area contributed by atoms with E-state index in [1.807, 2.05) is 87.9 Å². The van der Waals surface area contributed by atoms with E-state index in [9.17, 15) is 19.5 Å². The van der Waals surface area contributed by atoms with Crippen molar-refractivity contribution in [3.8, 4) is 10.4 Å². The molecular weight excluding hydrogens is 687 g/mol. The van der Waals surface area contributed by atoms with Crippen molar-refractivity contribution in [1.82, 2.24) is 20.2 Å². The quantitative estimate of drug-likeness (QED) is 0.0563. The Hall–Kier alpha value is -3.90. The van der Waals surface area contributed by atoms with E-state index in [0.717, 1.165) is 89.8 Å². The monoisotopic (exact) mass is 743 g/mol. The highest BCUT2D eigenvalue weighted by molar-refractivity contribution is 7.13. The number of rotatable bonds is 20. The summed E-state index contributed by atoms with van der Waals surface area (Å²) in [6.07, 6.45) is 7.95. The average molecular weight is 744 g/mol. The van der Waals surface area contributed by atoms with Crippen molar-refractivity contribution < 1.29 is 24.2 Å². The Morgan fingerprint density at radius 1 is 1.04 bits per heavy atom. The van der Waals surface area contributed by atoms with Crippen LogP contribution in [0.4, 0.5) is 0 Å². The second-order valence-electron chi connectivity index (χ2n) is 15.0. The molecule has 0 spiro atoms. The molecule has 53 heavy (non-hydrogen) atoms. The molecule has 5 N–H and O–H groups in total. The molecule has 10 nitrogen and oxygen atoms in total. The van der Waals surface area contributed by atoms with E-state index in [-0.39, 0.29) is 37.1 Å². The predicted molar refractivity (Wildman–Crippen MR) is 212 cm³/mol. The number of unbranched alkanes of at least 4 members (excludes halogenated alkanes) is 5. The number of ketones is 1. The van der Waals surface area contributed by atoms with Crippen LogP contribution in [-0.4, -0.2) is 76.0 Å². The van der Waals surface area contributed by atoms with Crippen molar-refractivity contribution in [3.05, 3.63) is 77.1 Å². The number of aryl methyl sites for hydroxylation is 1. The van der Waals surface area contributed by atoms with Gasteiger partial charge in [-0.1, -0.05) is 75.6 Å². The molecule has 0 unspecified atom stereocenters. The van der Waals surface area contributed by atoms with Gasteiger partial charge in [-0.3, -0.25) is 14.4 Å². The first-order valence-electron chi connectivity index (χ1n) is 19.2. The van der Waals surface area contributed by atoms with Gasteiger partial charge in [-0.25, -0.2) is 4.98 Å². The number of likely N-dealkylation sites (tertiary alicyclic amines) is 1. The van der Waals surface area contributed by atoms with E-state index in [1.165, 1.54) is 4.90 Å². The fraction of sp³-hybridized carbons (Fsp3) is 0.524. The second kappa shape index (κ2) is 18.9. The van der Waals surface area contributed by atoms with Crippen LogP contribution in [0.25, 0.3) is 21.3 Å². The molecule has 11 heteroatoms. The first kappa shape index (κ1) is 40.3. The number of benzene rings is 2. The lowest BCUT2D eigenvalue weighted by molar-refractivity contribution is -0.148. The number of H-pyrrole nitrogens is 1. The lowest BCUT2D eigenvalue weighted by Gasteiger charge is -2.36. The molecule has 0 radical (unpaired) electrons. The van der Waals surface area contributed by atoms with Crippen molar-refractivity contribution in [2.45, 2.75) is 109 Å². The Balaban J connectivity index is 1.27. The smallest absolute Gasteiger partial charge is 0.243 e. The van der Waals surface area contributed by atoms with Crippen LogP contribution in [0.15, 0.2) is 60.2 Å². The Bertz CT molecular complexity index is 1800. The van der Waals surface area contributed by atoms with Gasteiger partial charge >= 0.3 is 0 Å². The first-order chi connectivity index (χ1) is 25.5. The van der Waals surface area contributed by atoms with Crippen molar-refractivity contribution in [1.29, 1.82) is 0 Å². The number of aromatic nitrogens is 2. The lowest BCUT2D eigenvalue weighted by Crippen LogP contribution is -2.53. The molecule has 0 saturated carbocycles. The van der Waals surface area contributed by atoms with Gasteiger partial charge in [0.2, 0.25) is 11.8 Å². The molecule has 3 heterocycles. The number of fused-ring (bicyclic) bond motifs is 1. The van der Waals surface area contributed by atoms with Crippen molar-refractivity contribution in [2.24, 2.45) is 11.7 Å². The van der Waals surface area contributed by atoms with E-state index >= 15 is 0 Å². The highest BCUT2D eigenvalue weighted by Crippen LogP contribution is 2.40. The van der Waals surface area contributed by atoms with Gasteiger partial charge in [0, 0.05) is 55.1 Å². The minimum atomic E-state index is -1.05. The molecular formula is C42H57N5O5S. The molecule has 4 aromatic rings. The summed E-state index contributed by atoms with van der Waals surface area (Å²) >= 11 is 1.59. The Morgan fingerprint density at radius 3 is 2.43 bits per heavy atom. The summed E-state index contributed by atoms with van der Waals surface area (Å²) in [5.74, 6) is -1.97. The number of aliphatic hydroxyl groups is 1. The number of nitrogens with one attached hydrogen (secondary N) is 2. The summed E-state index contributed by atoms with van der Waals surface area (Å²) in [4.78, 5) is 53.1. The maximum atomic E-state index is 14.7. The summed E-state index contributed by atoms with van der Waals surface area (Å²) in [5, 5.41) is 14.9. The predicted octanol–water partition coefficient (Wildman–Crippen LogP) is 7.00. The molecule has 2 amide bonds. The fourth-order valence-electron chi connectivity index (χ4n) is 7.60. The lowest BCUT2D eigenvalue weighted by atomic mass is 9.69. The number of nitrogens with two attached hydrogens (primary N) is 1. The van der Waals surface area contributed by atoms with Crippen LogP contribution in [-0.2, 0) is 24.5 Å². The zero-order valence-electron chi connectivity index (χ0n) is 31.7. The molecule has 5 rings (SSSR count). The zero-order valence-corrected chi connectivity index (χ0v) is 32.6. The van der Waals surface area contributed by atoms with Crippen molar-refractivity contribution in [2.75, 3.05) is 26.3 Å². The Kier molecular flexibility index (Phi) is 14.4. The molecule has 1 fully saturated rings. The van der Waals surface area contributed by atoms with Crippen molar-refractivity contribution >= 4 is 39.8 Å². The van der Waals surface area contributed by atoms with Crippen LogP contribution >= 0.6 is 11.3 Å². The molecule has 4 atom stereocenters. The number of amides is 2. The number of carbonyl (C=O) groups excluding carboxylic acids is 3. The molecule has 2 aromatic heterocycles. The van der Waals surface area contributed by atoms with Gasteiger partial charge < -0.3 is 30.8 Å². The largest absolute Gasteiger partial charge is 0.391 e. The van der Waals surface area contributed by atoms with Crippen LogP contribution in [0.5, 0.6) is 0 Å². The molecule has 1 aliphatic heterocycles. The number of carbonyl (C=O) groups is 3. The molecule has 286 valence electrons. The number of thiazole rings is 1. The highest BCUT2D eigenvalue weighted by Gasteiger charge is 2.49. The summed E-state index contributed by atoms with van der Waals surface area (Å²) in [5.41, 5.74) is 11.2. The fourth-order valence-corrected chi connectivity index (χ4v) is 8.42. The second-order valence-corrected chi connectivity index (χ2v) is 15.9. The Morgan fingerprint density at radius 2 is 1.74 bits per heavy atom.